The summed E-state index contributed by atoms with van der Waals surface area (Å²) in [6.07, 6.45) is 1.69. The number of ether oxygens (including phenoxy) is 2. The molecule has 0 atom stereocenters. The summed E-state index contributed by atoms with van der Waals surface area (Å²) in [7, 11) is 3.10. The van der Waals surface area contributed by atoms with Crippen LogP contribution in [0.15, 0.2) is 60.8 Å². The highest BCUT2D eigenvalue weighted by Crippen LogP contribution is 2.27. The first-order chi connectivity index (χ1) is 13.6. The molecular formula is C21H20FN3O3. The number of hydrogen-bond donors (Lipinski definition) is 2. The summed E-state index contributed by atoms with van der Waals surface area (Å²) < 4.78 is 24.1. The molecule has 0 unspecified atom stereocenters. The zero-order valence-corrected chi connectivity index (χ0v) is 15.5. The largest absolute Gasteiger partial charge is 0.493 e. The minimum Gasteiger partial charge on any atom is -0.493 e. The molecule has 1 heterocycles. The molecule has 2 N–H and O–H groups in total. The van der Waals surface area contributed by atoms with E-state index in [-0.39, 0.29) is 18.1 Å². The third kappa shape index (κ3) is 4.76. The number of benzene rings is 2. The van der Waals surface area contributed by atoms with Crippen molar-refractivity contribution in [1.82, 2.24) is 4.98 Å². The minimum absolute atomic E-state index is 0.164. The highest BCUT2D eigenvalue weighted by atomic mass is 19.1. The molecule has 0 saturated carbocycles. The first kappa shape index (κ1) is 19.2. The maximum Gasteiger partial charge on any atom is 0.229 e. The number of nitrogens with zero attached hydrogens (tertiary/aromatic N) is 1. The number of carbonyl (C=O) groups is 1. The van der Waals surface area contributed by atoms with Gasteiger partial charge >= 0.3 is 0 Å². The number of hydrogen-bond acceptors (Lipinski definition) is 5. The Labute approximate surface area is 162 Å². The Bertz CT molecular complexity index is 961. The van der Waals surface area contributed by atoms with Crippen LogP contribution in [-0.2, 0) is 11.2 Å². The number of nitrogens with one attached hydrogen (secondary N) is 2. The van der Waals surface area contributed by atoms with E-state index >= 15 is 0 Å². The SMILES string of the molecule is COc1ccc(CC(=O)Nc2ccc(Nc3ccccc3F)cn2)cc1OC. The van der Waals surface area contributed by atoms with Gasteiger partial charge in [0.1, 0.15) is 11.6 Å². The number of pyridine rings is 1. The lowest BCUT2D eigenvalue weighted by Gasteiger charge is -2.10. The summed E-state index contributed by atoms with van der Waals surface area (Å²) in [4.78, 5) is 16.5. The molecular weight excluding hydrogens is 361 g/mol. The van der Waals surface area contributed by atoms with E-state index in [1.807, 2.05) is 0 Å². The van der Waals surface area contributed by atoms with Gasteiger partial charge in [0.2, 0.25) is 5.91 Å². The van der Waals surface area contributed by atoms with E-state index in [1.165, 1.54) is 12.3 Å². The Morgan fingerprint density at radius 1 is 1.04 bits per heavy atom. The molecule has 3 rings (SSSR count). The molecule has 0 aliphatic rings. The summed E-state index contributed by atoms with van der Waals surface area (Å²) in [6.45, 7) is 0. The molecule has 0 spiro atoms. The monoisotopic (exact) mass is 381 g/mol. The lowest BCUT2D eigenvalue weighted by atomic mass is 10.1. The van der Waals surface area contributed by atoms with Crippen LogP contribution in [0.4, 0.5) is 21.6 Å². The Morgan fingerprint density at radius 2 is 1.82 bits per heavy atom. The number of anilines is 3. The fourth-order valence-electron chi connectivity index (χ4n) is 2.62. The first-order valence-electron chi connectivity index (χ1n) is 8.57. The lowest BCUT2D eigenvalue weighted by molar-refractivity contribution is -0.115. The maximum absolute atomic E-state index is 13.7. The molecule has 28 heavy (non-hydrogen) atoms. The molecule has 0 fully saturated rings. The summed E-state index contributed by atoms with van der Waals surface area (Å²) >= 11 is 0. The van der Waals surface area contributed by atoms with E-state index < -0.39 is 0 Å². The van der Waals surface area contributed by atoms with Crippen molar-refractivity contribution >= 4 is 23.1 Å². The Balaban J connectivity index is 1.61. The number of amides is 1. The van der Waals surface area contributed by atoms with Gasteiger partial charge in [0.15, 0.2) is 11.5 Å². The number of halogens is 1. The number of carbonyl (C=O) groups excluding carboxylic acids is 1. The average Bonchev–Trinajstić information content (AvgIpc) is 2.71. The van der Waals surface area contributed by atoms with Crippen LogP contribution in [-0.4, -0.2) is 25.1 Å². The van der Waals surface area contributed by atoms with Gasteiger partial charge in [-0.1, -0.05) is 18.2 Å². The molecule has 3 aromatic rings. The molecule has 0 radical (unpaired) electrons. The van der Waals surface area contributed by atoms with E-state index in [4.69, 9.17) is 9.47 Å². The zero-order valence-electron chi connectivity index (χ0n) is 15.5. The van der Waals surface area contributed by atoms with Gasteiger partial charge in [0.25, 0.3) is 0 Å². The number of methoxy groups -OCH3 is 2. The van der Waals surface area contributed by atoms with Gasteiger partial charge in [-0.15, -0.1) is 0 Å². The lowest BCUT2D eigenvalue weighted by Crippen LogP contribution is -2.15. The van der Waals surface area contributed by atoms with Crippen molar-refractivity contribution in [3.63, 3.8) is 0 Å². The van der Waals surface area contributed by atoms with Crippen LogP contribution in [0.25, 0.3) is 0 Å². The van der Waals surface area contributed by atoms with E-state index in [0.717, 1.165) is 5.56 Å². The molecule has 0 saturated heterocycles. The summed E-state index contributed by atoms with van der Waals surface area (Å²) in [6, 6.07) is 15.0. The van der Waals surface area contributed by atoms with E-state index in [0.29, 0.717) is 28.7 Å². The van der Waals surface area contributed by atoms with Crippen molar-refractivity contribution < 1.29 is 18.7 Å². The van der Waals surface area contributed by atoms with Crippen LogP contribution in [0.3, 0.4) is 0 Å². The fourth-order valence-corrected chi connectivity index (χ4v) is 2.62. The van der Waals surface area contributed by atoms with Crippen LogP contribution in [0, 0.1) is 5.82 Å². The molecule has 1 amide bonds. The van der Waals surface area contributed by atoms with Crippen LogP contribution in [0.1, 0.15) is 5.56 Å². The predicted molar refractivity (Wildman–Crippen MR) is 106 cm³/mol. The molecule has 7 heteroatoms. The second kappa shape index (κ2) is 8.85. The van der Waals surface area contributed by atoms with Gasteiger partial charge in [-0.25, -0.2) is 9.37 Å². The van der Waals surface area contributed by atoms with Gasteiger partial charge in [-0.05, 0) is 42.0 Å². The molecule has 0 bridgehead atoms. The highest BCUT2D eigenvalue weighted by Gasteiger charge is 2.09. The van der Waals surface area contributed by atoms with Crippen LogP contribution >= 0.6 is 0 Å². The van der Waals surface area contributed by atoms with Crippen molar-refractivity contribution in [2.45, 2.75) is 6.42 Å². The zero-order chi connectivity index (χ0) is 19.9. The van der Waals surface area contributed by atoms with Crippen molar-refractivity contribution in [3.8, 4) is 11.5 Å². The third-order valence-electron chi connectivity index (χ3n) is 4.00. The van der Waals surface area contributed by atoms with Crippen LogP contribution in [0.5, 0.6) is 11.5 Å². The molecule has 2 aromatic carbocycles. The van der Waals surface area contributed by atoms with Crippen molar-refractivity contribution in [3.05, 3.63) is 72.2 Å². The molecule has 144 valence electrons. The third-order valence-corrected chi connectivity index (χ3v) is 4.00. The number of rotatable bonds is 7. The first-order valence-corrected chi connectivity index (χ1v) is 8.57. The van der Waals surface area contributed by atoms with Gasteiger partial charge in [-0.2, -0.15) is 0 Å². The second-order valence-corrected chi connectivity index (χ2v) is 5.95. The molecule has 0 aliphatic carbocycles. The molecule has 6 nitrogen and oxygen atoms in total. The smallest absolute Gasteiger partial charge is 0.229 e. The normalized spacial score (nSPS) is 10.2. The van der Waals surface area contributed by atoms with E-state index in [9.17, 15) is 9.18 Å². The topological polar surface area (TPSA) is 72.5 Å². The molecule has 1 aromatic heterocycles. The standard InChI is InChI=1S/C21H20FN3O3/c1-27-18-9-7-14(11-19(18)28-2)12-21(26)25-20-10-8-15(13-23-20)24-17-6-4-3-5-16(17)22/h3-11,13,24H,12H2,1-2H3,(H,23,25,26). The van der Waals surface area contributed by atoms with Crippen molar-refractivity contribution in [2.75, 3.05) is 24.9 Å². The highest BCUT2D eigenvalue weighted by molar-refractivity contribution is 5.91. The van der Waals surface area contributed by atoms with Gasteiger partial charge in [-0.3, -0.25) is 4.79 Å². The maximum atomic E-state index is 13.7. The predicted octanol–water partition coefficient (Wildman–Crippen LogP) is 4.16. The second-order valence-electron chi connectivity index (χ2n) is 5.95. The van der Waals surface area contributed by atoms with Crippen LogP contribution in [0.2, 0.25) is 0 Å². The number of para-hydroxylation sites is 1. The van der Waals surface area contributed by atoms with E-state index in [2.05, 4.69) is 15.6 Å². The van der Waals surface area contributed by atoms with Gasteiger partial charge < -0.3 is 20.1 Å². The Morgan fingerprint density at radius 3 is 2.50 bits per heavy atom. The summed E-state index contributed by atoms with van der Waals surface area (Å²) in [5, 5.41) is 5.68. The molecule has 0 aliphatic heterocycles. The van der Waals surface area contributed by atoms with E-state index in [1.54, 1.807) is 62.8 Å². The number of aromatic nitrogens is 1. The van der Waals surface area contributed by atoms with Crippen LogP contribution < -0.4 is 20.1 Å². The van der Waals surface area contributed by atoms with Crippen molar-refractivity contribution in [2.24, 2.45) is 0 Å². The van der Waals surface area contributed by atoms with Crippen molar-refractivity contribution in [1.29, 1.82) is 0 Å². The Kier molecular flexibility index (Phi) is 6.06. The van der Waals surface area contributed by atoms with Gasteiger partial charge in [0, 0.05) is 0 Å². The fraction of sp³-hybridized carbons (Fsp3) is 0.143. The summed E-state index contributed by atoms with van der Waals surface area (Å²) in [5.41, 5.74) is 1.76. The average molecular weight is 381 g/mol. The van der Waals surface area contributed by atoms with Gasteiger partial charge in [0.05, 0.1) is 38.2 Å². The Hall–Kier alpha value is -3.61. The summed E-state index contributed by atoms with van der Waals surface area (Å²) in [5.74, 6) is 1.01. The minimum atomic E-state index is -0.352. The quantitative estimate of drug-likeness (QED) is 0.643.